The molecule has 2 N–H and O–H groups in total. The molecule has 1 aromatic heterocycles. The Morgan fingerprint density at radius 3 is 3.22 bits per heavy atom. The lowest BCUT2D eigenvalue weighted by Gasteiger charge is -2.35. The summed E-state index contributed by atoms with van der Waals surface area (Å²) in [5.41, 5.74) is 7.56. The summed E-state index contributed by atoms with van der Waals surface area (Å²) in [4.78, 5) is 7.06. The zero-order valence-electron chi connectivity index (χ0n) is 10.6. The van der Waals surface area contributed by atoms with Crippen LogP contribution >= 0.6 is 12.2 Å². The summed E-state index contributed by atoms with van der Waals surface area (Å²) in [5.74, 6) is 0. The van der Waals surface area contributed by atoms with Crippen LogP contribution in [-0.4, -0.2) is 40.7 Å². The van der Waals surface area contributed by atoms with E-state index >= 15 is 0 Å². The van der Waals surface area contributed by atoms with Crippen LogP contribution in [0.15, 0.2) is 18.3 Å². The van der Waals surface area contributed by atoms with E-state index < -0.39 is 0 Å². The van der Waals surface area contributed by atoms with Crippen molar-refractivity contribution in [2.45, 2.75) is 25.9 Å². The van der Waals surface area contributed by atoms with Crippen molar-refractivity contribution >= 4 is 17.2 Å². The van der Waals surface area contributed by atoms with E-state index in [0.717, 1.165) is 44.0 Å². The van der Waals surface area contributed by atoms with Crippen molar-refractivity contribution in [1.29, 1.82) is 0 Å². The molecule has 1 aromatic rings. The number of hydrogen-bond donors (Lipinski definition) is 1. The first-order chi connectivity index (χ1) is 8.72. The lowest BCUT2D eigenvalue weighted by Crippen LogP contribution is -2.44. The van der Waals surface area contributed by atoms with Crippen molar-refractivity contribution in [3.05, 3.63) is 29.6 Å². The van der Waals surface area contributed by atoms with Gasteiger partial charge in [0.25, 0.3) is 0 Å². The van der Waals surface area contributed by atoms with Crippen LogP contribution in [0.5, 0.6) is 0 Å². The van der Waals surface area contributed by atoms with Gasteiger partial charge in [-0.05, 0) is 18.1 Å². The maximum absolute atomic E-state index is 5.71. The summed E-state index contributed by atoms with van der Waals surface area (Å²) in [7, 11) is 0. The fourth-order valence-corrected chi connectivity index (χ4v) is 2.46. The van der Waals surface area contributed by atoms with Gasteiger partial charge >= 0.3 is 0 Å². The van der Waals surface area contributed by atoms with Gasteiger partial charge in [-0.2, -0.15) is 0 Å². The Morgan fingerprint density at radius 2 is 2.50 bits per heavy atom. The summed E-state index contributed by atoms with van der Waals surface area (Å²) in [6.07, 6.45) is 2.82. The third-order valence-corrected chi connectivity index (χ3v) is 3.51. The first kappa shape index (κ1) is 13.4. The Kier molecular flexibility index (Phi) is 4.63. The second kappa shape index (κ2) is 6.22. The van der Waals surface area contributed by atoms with Gasteiger partial charge in [-0.1, -0.05) is 25.2 Å². The Balaban J connectivity index is 2.15. The van der Waals surface area contributed by atoms with Crippen LogP contribution in [0.1, 0.15) is 24.6 Å². The molecule has 1 fully saturated rings. The van der Waals surface area contributed by atoms with Gasteiger partial charge in [-0.25, -0.2) is 0 Å². The predicted molar refractivity (Wildman–Crippen MR) is 75.4 cm³/mol. The van der Waals surface area contributed by atoms with Crippen molar-refractivity contribution in [2.24, 2.45) is 5.73 Å². The summed E-state index contributed by atoms with van der Waals surface area (Å²) in [5, 5.41) is 0. The fourth-order valence-electron chi connectivity index (χ4n) is 2.28. The lowest BCUT2D eigenvalue weighted by molar-refractivity contribution is -0.0127. The monoisotopic (exact) mass is 265 g/mol. The molecule has 1 atom stereocenters. The highest BCUT2D eigenvalue weighted by molar-refractivity contribution is 7.80. The summed E-state index contributed by atoms with van der Waals surface area (Å²) in [6, 6.07) is 4.44. The molecule has 2 rings (SSSR count). The Morgan fingerprint density at radius 1 is 1.67 bits per heavy atom. The number of thiocarbonyl (C=S) groups is 1. The third kappa shape index (κ3) is 3.04. The number of nitrogens with zero attached hydrogens (tertiary/aromatic N) is 2. The van der Waals surface area contributed by atoms with Gasteiger partial charge < -0.3 is 10.5 Å². The van der Waals surface area contributed by atoms with Gasteiger partial charge in [-0.3, -0.25) is 9.88 Å². The predicted octanol–water partition coefficient (Wildman–Crippen LogP) is 1.33. The minimum absolute atomic E-state index is 0.368. The van der Waals surface area contributed by atoms with Crippen LogP contribution < -0.4 is 5.73 Å². The van der Waals surface area contributed by atoms with Gasteiger partial charge in [0.05, 0.1) is 13.2 Å². The van der Waals surface area contributed by atoms with Crippen LogP contribution in [0, 0.1) is 0 Å². The largest absolute Gasteiger partial charge is 0.388 e. The van der Waals surface area contributed by atoms with Crippen molar-refractivity contribution in [2.75, 3.05) is 19.8 Å². The van der Waals surface area contributed by atoms with Crippen molar-refractivity contribution in [3.63, 3.8) is 0 Å². The molecular formula is C13H19N3OS. The summed E-state index contributed by atoms with van der Waals surface area (Å²) >= 11 is 5.05. The maximum atomic E-state index is 5.71. The molecule has 98 valence electrons. The zero-order chi connectivity index (χ0) is 13.0. The molecule has 0 spiro atoms. The first-order valence-corrected chi connectivity index (χ1v) is 6.68. The van der Waals surface area contributed by atoms with Crippen molar-refractivity contribution < 1.29 is 4.74 Å². The smallest absolute Gasteiger partial charge is 0.123 e. The molecule has 1 aliphatic heterocycles. The van der Waals surface area contributed by atoms with Crippen LogP contribution in [0.4, 0.5) is 0 Å². The molecule has 5 heteroatoms. The van der Waals surface area contributed by atoms with E-state index in [1.54, 1.807) is 6.20 Å². The molecular weight excluding hydrogens is 246 g/mol. The molecule has 0 saturated carbocycles. The number of nitrogens with two attached hydrogens (primary N) is 1. The molecule has 4 nitrogen and oxygen atoms in total. The second-order valence-electron chi connectivity index (χ2n) is 4.48. The molecule has 0 aromatic carbocycles. The summed E-state index contributed by atoms with van der Waals surface area (Å²) < 4.78 is 5.51. The van der Waals surface area contributed by atoms with E-state index in [0.29, 0.717) is 11.0 Å². The van der Waals surface area contributed by atoms with E-state index in [4.69, 9.17) is 22.7 Å². The Bertz CT molecular complexity index is 424. The SMILES string of the molecule is CCC1COCCN1Cc1cccnc1C(N)=S. The standard InChI is InChI=1S/C13H19N3OS/c1-2-11-9-17-7-6-16(11)8-10-4-3-5-15-12(10)13(14)18/h3-5,11H,2,6-9H2,1H3,(H2,14,18). The molecule has 0 aliphatic carbocycles. The number of morpholine rings is 1. The van der Waals surface area contributed by atoms with E-state index in [2.05, 4.69) is 16.8 Å². The Hall–Kier alpha value is -1.04. The van der Waals surface area contributed by atoms with Crippen LogP contribution in [0.3, 0.4) is 0 Å². The lowest BCUT2D eigenvalue weighted by atomic mass is 10.1. The molecule has 1 saturated heterocycles. The first-order valence-electron chi connectivity index (χ1n) is 6.28. The molecule has 0 bridgehead atoms. The molecule has 0 radical (unpaired) electrons. The highest BCUT2D eigenvalue weighted by Crippen LogP contribution is 2.16. The van der Waals surface area contributed by atoms with E-state index in [1.165, 1.54) is 0 Å². The average molecular weight is 265 g/mol. The van der Waals surface area contributed by atoms with Gasteiger partial charge in [0, 0.05) is 25.3 Å². The van der Waals surface area contributed by atoms with Gasteiger partial charge in [0.15, 0.2) is 0 Å². The molecule has 18 heavy (non-hydrogen) atoms. The van der Waals surface area contributed by atoms with E-state index in [9.17, 15) is 0 Å². The van der Waals surface area contributed by atoms with Crippen molar-refractivity contribution in [1.82, 2.24) is 9.88 Å². The summed E-state index contributed by atoms with van der Waals surface area (Å²) in [6.45, 7) is 5.56. The number of pyridine rings is 1. The van der Waals surface area contributed by atoms with E-state index in [-0.39, 0.29) is 0 Å². The normalized spacial score (nSPS) is 20.8. The molecule has 1 aliphatic rings. The quantitative estimate of drug-likeness (QED) is 0.832. The van der Waals surface area contributed by atoms with Gasteiger partial charge in [-0.15, -0.1) is 0 Å². The van der Waals surface area contributed by atoms with Crippen LogP contribution in [0.2, 0.25) is 0 Å². The molecule has 2 heterocycles. The highest BCUT2D eigenvalue weighted by Gasteiger charge is 2.22. The second-order valence-corrected chi connectivity index (χ2v) is 4.92. The Labute approximate surface area is 113 Å². The third-order valence-electron chi connectivity index (χ3n) is 3.32. The van der Waals surface area contributed by atoms with Crippen LogP contribution in [0.25, 0.3) is 0 Å². The van der Waals surface area contributed by atoms with E-state index in [1.807, 2.05) is 12.1 Å². The zero-order valence-corrected chi connectivity index (χ0v) is 11.4. The number of aromatic nitrogens is 1. The number of rotatable bonds is 4. The average Bonchev–Trinajstić information content (AvgIpc) is 2.40. The minimum atomic E-state index is 0.368. The fraction of sp³-hybridized carbons (Fsp3) is 0.538. The van der Waals surface area contributed by atoms with Gasteiger partial charge in [0.1, 0.15) is 10.7 Å². The van der Waals surface area contributed by atoms with Gasteiger partial charge in [0.2, 0.25) is 0 Å². The topological polar surface area (TPSA) is 51.4 Å². The number of ether oxygens (including phenoxy) is 1. The van der Waals surface area contributed by atoms with Crippen molar-refractivity contribution in [3.8, 4) is 0 Å². The number of hydrogen-bond acceptors (Lipinski definition) is 4. The molecule has 0 amide bonds. The minimum Gasteiger partial charge on any atom is -0.388 e. The van der Waals surface area contributed by atoms with Crippen LogP contribution in [-0.2, 0) is 11.3 Å². The maximum Gasteiger partial charge on any atom is 0.123 e. The molecule has 1 unspecified atom stereocenters. The highest BCUT2D eigenvalue weighted by atomic mass is 32.1.